The zero-order valence-electron chi connectivity index (χ0n) is 36.0. The van der Waals surface area contributed by atoms with Gasteiger partial charge in [-0.2, -0.15) is 0 Å². The Morgan fingerprint density at radius 2 is 1.11 bits per heavy atom. The molecule has 11 rings (SSSR count). The maximum Gasteiger partial charge on any atom is 0.168 e. The van der Waals surface area contributed by atoms with Crippen LogP contribution in [0.15, 0.2) is 182 Å². The lowest BCUT2D eigenvalue weighted by molar-refractivity contribution is 0.196. The van der Waals surface area contributed by atoms with Crippen LogP contribution in [0.5, 0.6) is 11.5 Å². The molecule has 9 aromatic rings. The highest BCUT2D eigenvalue weighted by atomic mass is 16.5. The van der Waals surface area contributed by atoms with Gasteiger partial charge in [-0.1, -0.05) is 146 Å². The van der Waals surface area contributed by atoms with Gasteiger partial charge in [0.1, 0.15) is 11.4 Å². The van der Waals surface area contributed by atoms with Crippen molar-refractivity contribution in [2.24, 2.45) is 0 Å². The molecule has 6 aromatic carbocycles. The quantitative estimate of drug-likeness (QED) is 0.127. The van der Waals surface area contributed by atoms with Gasteiger partial charge in [-0.15, -0.1) is 0 Å². The van der Waals surface area contributed by atoms with Gasteiger partial charge in [0.15, 0.2) is 5.75 Å². The van der Waals surface area contributed by atoms with E-state index in [0.717, 1.165) is 113 Å². The SMILES string of the molecule is CC(CCCOc1c2nc(c(-c3ccccc3)c3ccc([nH]3)c(-c3ccccc3)c3nc(cc4cc(-c5cccc(-c6ccccc6)c5)c1[nH]4)C=C3)C=C2)Oc1cccc2ccccc12. The molecule has 0 radical (unpaired) electrons. The van der Waals surface area contributed by atoms with Gasteiger partial charge in [0.2, 0.25) is 0 Å². The topological polar surface area (TPSA) is 75.8 Å². The normalized spacial score (nSPS) is 12.4. The molecule has 1 unspecified atom stereocenters. The predicted octanol–water partition coefficient (Wildman–Crippen LogP) is 15.1. The molecule has 2 aliphatic rings. The summed E-state index contributed by atoms with van der Waals surface area (Å²) >= 11 is 0. The van der Waals surface area contributed by atoms with E-state index >= 15 is 0 Å². The van der Waals surface area contributed by atoms with Gasteiger partial charge < -0.3 is 19.4 Å². The molecule has 5 heterocycles. The Kier molecular flexibility index (Phi) is 10.7. The monoisotopic (exact) mass is 842 g/mol. The largest absolute Gasteiger partial charge is 0.490 e. The van der Waals surface area contributed by atoms with Gasteiger partial charge in [0.05, 0.1) is 35.3 Å². The molecule has 0 saturated heterocycles. The predicted molar refractivity (Wildman–Crippen MR) is 269 cm³/mol. The number of nitrogens with one attached hydrogen (secondary N) is 2. The molecular formula is C59H46N4O2. The molecule has 8 bridgehead atoms. The average Bonchev–Trinajstić information content (AvgIpc) is 4.20. The van der Waals surface area contributed by atoms with Crippen LogP contribution in [-0.4, -0.2) is 32.6 Å². The van der Waals surface area contributed by atoms with Crippen molar-refractivity contribution in [3.05, 3.63) is 205 Å². The Hall–Kier alpha value is -8.22. The summed E-state index contributed by atoms with van der Waals surface area (Å²) in [5, 5.41) is 2.28. The first kappa shape index (κ1) is 39.6. The summed E-state index contributed by atoms with van der Waals surface area (Å²) in [6, 6.07) is 63.4. The van der Waals surface area contributed by atoms with Crippen molar-refractivity contribution in [3.63, 3.8) is 0 Å². The van der Waals surface area contributed by atoms with Crippen LogP contribution in [0.3, 0.4) is 0 Å². The second-order valence-electron chi connectivity index (χ2n) is 16.6. The van der Waals surface area contributed by atoms with Gasteiger partial charge in [0, 0.05) is 38.6 Å². The second kappa shape index (κ2) is 17.5. The minimum absolute atomic E-state index is 0.0200. The number of aromatic nitrogens is 4. The van der Waals surface area contributed by atoms with Crippen LogP contribution in [0.4, 0.5) is 0 Å². The van der Waals surface area contributed by atoms with Crippen LogP contribution in [-0.2, 0) is 0 Å². The summed E-state index contributed by atoms with van der Waals surface area (Å²) in [5.41, 5.74) is 15.5. The highest BCUT2D eigenvalue weighted by molar-refractivity contribution is 5.98. The van der Waals surface area contributed by atoms with Crippen LogP contribution >= 0.6 is 0 Å². The standard InChI is InChI=1S/C59H46N4O2/c1-39(65-55-28-14-24-41-19-11-12-27-48(41)55)16-15-35-64-59-54-34-33-53(63-54)57(43-22-9-4-10-23-43)52-32-31-51(62-52)56(42-20-7-3-8-21-42)50-30-29-46(60-50)37-47-38-49(58(59)61-47)45-26-13-25-44(36-45)40-17-5-2-6-18-40/h2-14,17-34,36-39,61-62H,15-16,35H2,1H3. The minimum atomic E-state index is -0.0200. The van der Waals surface area contributed by atoms with Crippen molar-refractivity contribution in [1.29, 1.82) is 0 Å². The molecule has 314 valence electrons. The van der Waals surface area contributed by atoms with E-state index in [0.29, 0.717) is 12.4 Å². The van der Waals surface area contributed by atoms with Crippen molar-refractivity contribution in [3.8, 4) is 56.0 Å². The number of fused-ring (bicyclic) bond motifs is 9. The fourth-order valence-corrected chi connectivity index (χ4v) is 9.01. The Bertz CT molecular complexity index is 3420. The summed E-state index contributed by atoms with van der Waals surface area (Å²) in [5.74, 6) is 1.58. The van der Waals surface area contributed by atoms with Crippen molar-refractivity contribution in [1.82, 2.24) is 19.9 Å². The van der Waals surface area contributed by atoms with E-state index in [2.05, 4.69) is 211 Å². The molecule has 0 aliphatic carbocycles. The summed E-state index contributed by atoms with van der Waals surface area (Å²) in [4.78, 5) is 18.3. The smallest absolute Gasteiger partial charge is 0.168 e. The summed E-state index contributed by atoms with van der Waals surface area (Å²) < 4.78 is 13.5. The number of H-pyrrole nitrogens is 2. The van der Waals surface area contributed by atoms with Gasteiger partial charge in [-0.05, 0) is 114 Å². The third-order valence-corrected chi connectivity index (χ3v) is 12.1. The Labute approximate surface area is 378 Å². The molecule has 0 fully saturated rings. The lowest BCUT2D eigenvalue weighted by atomic mass is 9.99. The molecular weight excluding hydrogens is 797 g/mol. The average molecular weight is 843 g/mol. The molecule has 0 spiro atoms. The molecule has 1 atom stereocenters. The van der Waals surface area contributed by atoms with E-state index in [1.165, 1.54) is 5.39 Å². The van der Waals surface area contributed by atoms with Crippen LogP contribution < -0.4 is 9.47 Å². The molecule has 2 N–H and O–H groups in total. The van der Waals surface area contributed by atoms with E-state index in [1.54, 1.807) is 0 Å². The van der Waals surface area contributed by atoms with E-state index < -0.39 is 0 Å². The Morgan fingerprint density at radius 3 is 1.86 bits per heavy atom. The highest BCUT2D eigenvalue weighted by Gasteiger charge is 2.19. The molecule has 3 aromatic heterocycles. The van der Waals surface area contributed by atoms with Crippen LogP contribution in [0, 0.1) is 0 Å². The van der Waals surface area contributed by atoms with Gasteiger partial charge in [-0.3, -0.25) is 0 Å². The maximum absolute atomic E-state index is 7.01. The third-order valence-electron chi connectivity index (χ3n) is 12.1. The third kappa shape index (κ3) is 8.14. The van der Waals surface area contributed by atoms with Crippen molar-refractivity contribution < 1.29 is 9.47 Å². The van der Waals surface area contributed by atoms with Crippen molar-refractivity contribution in [2.45, 2.75) is 25.9 Å². The lowest BCUT2D eigenvalue weighted by Gasteiger charge is -2.17. The zero-order valence-corrected chi connectivity index (χ0v) is 36.0. The number of hydrogen-bond donors (Lipinski definition) is 2. The van der Waals surface area contributed by atoms with Gasteiger partial charge in [0.25, 0.3) is 0 Å². The maximum atomic E-state index is 7.01. The summed E-state index contributed by atoms with van der Waals surface area (Å²) in [6.45, 7) is 2.59. The van der Waals surface area contributed by atoms with Crippen molar-refractivity contribution >= 4 is 57.1 Å². The van der Waals surface area contributed by atoms with E-state index in [-0.39, 0.29) is 6.10 Å². The number of benzene rings is 6. The second-order valence-corrected chi connectivity index (χ2v) is 16.6. The first-order chi connectivity index (χ1) is 32.1. The fourth-order valence-electron chi connectivity index (χ4n) is 9.01. The Balaban J connectivity index is 1.09. The number of ether oxygens (including phenoxy) is 2. The van der Waals surface area contributed by atoms with Gasteiger partial charge >= 0.3 is 0 Å². The Morgan fingerprint density at radius 1 is 0.508 bits per heavy atom. The number of hydrogen-bond acceptors (Lipinski definition) is 4. The van der Waals surface area contributed by atoms with Gasteiger partial charge in [-0.25, -0.2) is 9.97 Å². The fraction of sp³-hybridized carbons (Fsp3) is 0.0847. The summed E-state index contributed by atoms with van der Waals surface area (Å²) in [6.07, 6.45) is 9.95. The minimum Gasteiger partial charge on any atom is -0.490 e. The van der Waals surface area contributed by atoms with Crippen LogP contribution in [0.25, 0.3) is 102 Å². The lowest BCUT2D eigenvalue weighted by Crippen LogP contribution is -2.13. The number of aromatic amines is 2. The highest BCUT2D eigenvalue weighted by Crippen LogP contribution is 2.39. The molecule has 6 heteroatoms. The van der Waals surface area contributed by atoms with Crippen molar-refractivity contribution in [2.75, 3.05) is 6.61 Å². The number of rotatable bonds is 11. The molecule has 65 heavy (non-hydrogen) atoms. The molecule has 0 saturated carbocycles. The molecule has 0 amide bonds. The first-order valence-corrected chi connectivity index (χ1v) is 22.3. The van der Waals surface area contributed by atoms with E-state index in [4.69, 9.17) is 19.4 Å². The number of nitrogens with zero attached hydrogens (tertiary/aromatic N) is 2. The van der Waals surface area contributed by atoms with E-state index in [1.807, 2.05) is 12.1 Å². The summed E-state index contributed by atoms with van der Waals surface area (Å²) in [7, 11) is 0. The molecule has 6 nitrogen and oxygen atoms in total. The first-order valence-electron chi connectivity index (χ1n) is 22.3. The van der Waals surface area contributed by atoms with Crippen LogP contribution in [0.1, 0.15) is 42.5 Å². The van der Waals surface area contributed by atoms with Crippen LogP contribution in [0.2, 0.25) is 0 Å². The van der Waals surface area contributed by atoms with E-state index in [9.17, 15) is 0 Å². The zero-order chi connectivity index (χ0) is 43.5. The molecule has 2 aliphatic heterocycles.